The van der Waals surface area contributed by atoms with Crippen molar-refractivity contribution in [2.24, 2.45) is 0 Å². The Morgan fingerprint density at radius 2 is 1.36 bits per heavy atom. The quantitative estimate of drug-likeness (QED) is 0.231. The molecule has 3 aromatic rings. The van der Waals surface area contributed by atoms with Crippen molar-refractivity contribution >= 4 is 11.9 Å². The molecule has 2 N–H and O–H groups in total. The predicted octanol–water partition coefficient (Wildman–Crippen LogP) is 6.35. The van der Waals surface area contributed by atoms with Crippen molar-refractivity contribution in [2.45, 2.75) is 70.4 Å². The molecule has 0 aliphatic heterocycles. The molecule has 0 radical (unpaired) electrons. The van der Waals surface area contributed by atoms with Gasteiger partial charge in [-0.1, -0.05) is 85.6 Å². The molecule has 0 bridgehead atoms. The van der Waals surface area contributed by atoms with Crippen molar-refractivity contribution in [1.82, 2.24) is 5.32 Å². The van der Waals surface area contributed by atoms with Crippen LogP contribution in [0.4, 0.5) is 0 Å². The van der Waals surface area contributed by atoms with Crippen LogP contribution in [0, 0.1) is 0 Å². The number of benzene rings is 3. The fourth-order valence-electron chi connectivity index (χ4n) is 4.18. The van der Waals surface area contributed by atoms with Crippen LogP contribution in [0.2, 0.25) is 0 Å². The Bertz CT molecular complexity index is 1040. The third-order valence-corrected chi connectivity index (χ3v) is 6.19. The van der Waals surface area contributed by atoms with E-state index in [1.807, 2.05) is 60.7 Å². The van der Waals surface area contributed by atoms with Gasteiger partial charge in [0, 0.05) is 18.9 Å². The SMILES string of the molecule is O=C(O)CCC(Cc1ccc(OCc2ccccc2)cc1)NC(=O)CCCCCCc1ccccc1. The first-order chi connectivity index (χ1) is 17.6. The maximum Gasteiger partial charge on any atom is 0.303 e. The maximum atomic E-state index is 12.5. The van der Waals surface area contributed by atoms with Crippen molar-refractivity contribution in [3.05, 3.63) is 102 Å². The average molecular weight is 488 g/mol. The molecule has 0 aliphatic rings. The molecule has 190 valence electrons. The number of hydrogen-bond acceptors (Lipinski definition) is 3. The summed E-state index contributed by atoms with van der Waals surface area (Å²) in [5, 5.41) is 12.2. The zero-order valence-corrected chi connectivity index (χ0v) is 20.9. The smallest absolute Gasteiger partial charge is 0.303 e. The molecule has 0 fully saturated rings. The molecular weight excluding hydrogens is 450 g/mol. The zero-order chi connectivity index (χ0) is 25.4. The first-order valence-electron chi connectivity index (χ1n) is 12.9. The van der Waals surface area contributed by atoms with Crippen LogP contribution in [-0.2, 0) is 29.0 Å². The number of carbonyl (C=O) groups is 2. The summed E-state index contributed by atoms with van der Waals surface area (Å²) in [6.45, 7) is 0.504. The molecule has 1 unspecified atom stereocenters. The molecule has 0 saturated carbocycles. The fourth-order valence-corrected chi connectivity index (χ4v) is 4.18. The molecule has 3 aromatic carbocycles. The van der Waals surface area contributed by atoms with E-state index in [4.69, 9.17) is 9.84 Å². The summed E-state index contributed by atoms with van der Waals surface area (Å²) >= 11 is 0. The van der Waals surface area contributed by atoms with Gasteiger partial charge in [0.15, 0.2) is 0 Å². The van der Waals surface area contributed by atoms with Crippen LogP contribution in [0.15, 0.2) is 84.9 Å². The number of rotatable bonds is 16. The highest BCUT2D eigenvalue weighted by molar-refractivity contribution is 5.76. The fraction of sp³-hybridized carbons (Fsp3) is 0.355. The molecule has 0 aromatic heterocycles. The monoisotopic (exact) mass is 487 g/mol. The number of carbonyl (C=O) groups excluding carboxylic acids is 1. The Morgan fingerprint density at radius 3 is 2.03 bits per heavy atom. The lowest BCUT2D eigenvalue weighted by Crippen LogP contribution is -2.36. The minimum absolute atomic E-state index is 0.00346. The van der Waals surface area contributed by atoms with Crippen molar-refractivity contribution in [1.29, 1.82) is 0 Å². The average Bonchev–Trinajstić information content (AvgIpc) is 2.90. The second kappa shape index (κ2) is 15.4. The minimum Gasteiger partial charge on any atom is -0.489 e. The van der Waals surface area contributed by atoms with E-state index in [9.17, 15) is 9.59 Å². The topological polar surface area (TPSA) is 75.6 Å². The van der Waals surface area contributed by atoms with Crippen molar-refractivity contribution in [3.8, 4) is 5.75 Å². The van der Waals surface area contributed by atoms with Gasteiger partial charge in [0.05, 0.1) is 0 Å². The van der Waals surface area contributed by atoms with E-state index < -0.39 is 5.97 Å². The molecular formula is C31H37NO4. The predicted molar refractivity (Wildman–Crippen MR) is 143 cm³/mol. The Balaban J connectivity index is 1.40. The van der Waals surface area contributed by atoms with Gasteiger partial charge >= 0.3 is 5.97 Å². The summed E-state index contributed by atoms with van der Waals surface area (Å²) < 4.78 is 5.85. The molecule has 0 heterocycles. The lowest BCUT2D eigenvalue weighted by molar-refractivity contribution is -0.137. The van der Waals surface area contributed by atoms with Gasteiger partial charge in [-0.15, -0.1) is 0 Å². The lowest BCUT2D eigenvalue weighted by Gasteiger charge is -2.18. The zero-order valence-electron chi connectivity index (χ0n) is 20.9. The van der Waals surface area contributed by atoms with E-state index in [0.717, 1.165) is 49.0 Å². The lowest BCUT2D eigenvalue weighted by atomic mass is 10.0. The molecule has 0 saturated heterocycles. The van der Waals surface area contributed by atoms with Crippen LogP contribution in [0.3, 0.4) is 0 Å². The van der Waals surface area contributed by atoms with Crippen LogP contribution >= 0.6 is 0 Å². The van der Waals surface area contributed by atoms with Crippen LogP contribution in [0.5, 0.6) is 5.75 Å². The van der Waals surface area contributed by atoms with Crippen LogP contribution < -0.4 is 10.1 Å². The van der Waals surface area contributed by atoms with Crippen molar-refractivity contribution in [2.75, 3.05) is 0 Å². The van der Waals surface area contributed by atoms with Gasteiger partial charge in [-0.2, -0.15) is 0 Å². The normalized spacial score (nSPS) is 11.6. The molecule has 36 heavy (non-hydrogen) atoms. The molecule has 0 spiro atoms. The Kier molecular flexibility index (Phi) is 11.6. The highest BCUT2D eigenvalue weighted by Gasteiger charge is 2.15. The Labute approximate surface area is 214 Å². The van der Waals surface area contributed by atoms with Gasteiger partial charge < -0.3 is 15.2 Å². The summed E-state index contributed by atoms with van der Waals surface area (Å²) in [6, 6.07) is 28.0. The van der Waals surface area contributed by atoms with Gasteiger partial charge in [0.1, 0.15) is 12.4 Å². The van der Waals surface area contributed by atoms with Crippen LogP contribution in [0.25, 0.3) is 0 Å². The van der Waals surface area contributed by atoms with Gasteiger partial charge in [-0.25, -0.2) is 0 Å². The van der Waals surface area contributed by atoms with Gasteiger partial charge in [0.25, 0.3) is 0 Å². The number of amides is 1. The second-order valence-electron chi connectivity index (χ2n) is 9.22. The summed E-state index contributed by atoms with van der Waals surface area (Å²) in [7, 11) is 0. The number of nitrogens with one attached hydrogen (secondary N) is 1. The molecule has 1 amide bonds. The van der Waals surface area contributed by atoms with Crippen LogP contribution in [0.1, 0.15) is 61.6 Å². The Hall–Kier alpha value is -3.60. The number of ether oxygens (including phenoxy) is 1. The first kappa shape index (κ1) is 27.0. The molecule has 1 atom stereocenters. The van der Waals surface area contributed by atoms with Crippen LogP contribution in [-0.4, -0.2) is 23.0 Å². The number of unbranched alkanes of at least 4 members (excludes halogenated alkanes) is 3. The second-order valence-corrected chi connectivity index (χ2v) is 9.22. The molecule has 5 nitrogen and oxygen atoms in total. The van der Waals surface area contributed by atoms with Crippen molar-refractivity contribution < 1.29 is 19.4 Å². The van der Waals surface area contributed by atoms with Gasteiger partial charge in [-0.3, -0.25) is 9.59 Å². The summed E-state index contributed by atoms with van der Waals surface area (Å²) in [5.41, 5.74) is 3.50. The van der Waals surface area contributed by atoms with Gasteiger partial charge in [-0.05, 0) is 60.9 Å². The highest BCUT2D eigenvalue weighted by Crippen LogP contribution is 2.17. The summed E-state index contributed by atoms with van der Waals surface area (Å²) in [5.74, 6) is -0.0745. The number of carboxylic acid groups (broad SMARTS) is 1. The van der Waals surface area contributed by atoms with E-state index in [1.54, 1.807) is 0 Å². The number of aryl methyl sites for hydroxylation is 1. The first-order valence-corrected chi connectivity index (χ1v) is 12.9. The van der Waals surface area contributed by atoms with Gasteiger partial charge in [0.2, 0.25) is 5.91 Å². The van der Waals surface area contributed by atoms with E-state index in [2.05, 4.69) is 29.6 Å². The van der Waals surface area contributed by atoms with E-state index in [0.29, 0.717) is 25.9 Å². The molecule has 0 aliphatic carbocycles. The maximum absolute atomic E-state index is 12.5. The highest BCUT2D eigenvalue weighted by atomic mass is 16.5. The summed E-state index contributed by atoms with van der Waals surface area (Å²) in [4.78, 5) is 23.7. The minimum atomic E-state index is -0.850. The van der Waals surface area contributed by atoms with E-state index in [1.165, 1.54) is 5.56 Å². The molecule has 5 heteroatoms. The number of carboxylic acids is 1. The standard InChI is InChI=1S/C31H37NO4/c33-30(16-10-2-1-5-11-25-12-6-3-7-13-25)32-28(19-22-31(34)35)23-26-17-20-29(21-18-26)36-24-27-14-8-4-9-15-27/h3-4,6-9,12-15,17-18,20-21,28H,1-2,5,10-11,16,19,22-24H2,(H,32,33)(H,34,35). The van der Waals surface area contributed by atoms with E-state index >= 15 is 0 Å². The number of hydrogen-bond donors (Lipinski definition) is 2. The third-order valence-electron chi connectivity index (χ3n) is 6.19. The largest absolute Gasteiger partial charge is 0.489 e. The van der Waals surface area contributed by atoms with E-state index in [-0.39, 0.29) is 18.4 Å². The summed E-state index contributed by atoms with van der Waals surface area (Å²) in [6.07, 6.45) is 6.66. The third kappa shape index (κ3) is 10.8. The number of aliphatic carboxylic acids is 1. The van der Waals surface area contributed by atoms with Crippen molar-refractivity contribution in [3.63, 3.8) is 0 Å². The Morgan fingerprint density at radius 1 is 0.722 bits per heavy atom. The molecule has 3 rings (SSSR count).